The predicted molar refractivity (Wildman–Crippen MR) is 139 cm³/mol. The number of H-pyrrole nitrogens is 1. The standard InChI is InChI=1S/C30H21N5O/c36-30(33-25-7-2-1-3-8-25)24-6-4-9-26(20-24)34-16-12-22(13-17-34)23-14-18-35(19-15-23)28-11-5-10-27-29(28)32-21-31-27/h1-21H/p+2. The molecule has 172 valence electrons. The minimum absolute atomic E-state index is 0.136. The summed E-state index contributed by atoms with van der Waals surface area (Å²) >= 11 is 0. The van der Waals surface area contributed by atoms with Crippen LogP contribution in [0.2, 0.25) is 0 Å². The van der Waals surface area contributed by atoms with Crippen LogP contribution in [-0.4, -0.2) is 15.9 Å². The average molecular weight is 470 g/mol. The molecule has 0 saturated heterocycles. The molecule has 0 saturated carbocycles. The largest absolute Gasteiger partial charge is 0.344 e. The molecule has 6 aromatic rings. The molecule has 6 rings (SSSR count). The number of nitrogens with zero attached hydrogens (tertiary/aromatic N) is 3. The summed E-state index contributed by atoms with van der Waals surface area (Å²) < 4.78 is 4.08. The fourth-order valence-electron chi connectivity index (χ4n) is 4.26. The van der Waals surface area contributed by atoms with Crippen molar-refractivity contribution in [3.63, 3.8) is 0 Å². The summed E-state index contributed by atoms with van der Waals surface area (Å²) in [5.74, 6) is -0.136. The van der Waals surface area contributed by atoms with Crippen molar-refractivity contribution in [1.82, 2.24) is 9.97 Å². The first-order valence-electron chi connectivity index (χ1n) is 11.7. The van der Waals surface area contributed by atoms with Gasteiger partial charge in [-0.3, -0.25) is 4.79 Å². The number of amides is 1. The fourth-order valence-corrected chi connectivity index (χ4v) is 4.26. The number of hydrogen-bond donors (Lipinski definition) is 2. The van der Waals surface area contributed by atoms with Gasteiger partial charge < -0.3 is 10.3 Å². The smallest absolute Gasteiger partial charge is 0.255 e. The monoisotopic (exact) mass is 469 g/mol. The minimum Gasteiger partial charge on any atom is -0.344 e. The molecular formula is C30H23N5O+2. The lowest BCUT2D eigenvalue weighted by atomic mass is 10.1. The number of carbonyl (C=O) groups excluding carboxylic acids is 1. The van der Waals surface area contributed by atoms with E-state index in [-0.39, 0.29) is 5.91 Å². The van der Waals surface area contributed by atoms with Gasteiger partial charge in [0.1, 0.15) is 0 Å². The summed E-state index contributed by atoms with van der Waals surface area (Å²) in [5.41, 5.74) is 7.50. The Bertz CT molecular complexity index is 1660. The molecule has 36 heavy (non-hydrogen) atoms. The minimum atomic E-state index is -0.136. The number of fused-ring (bicyclic) bond motifs is 1. The van der Waals surface area contributed by atoms with Gasteiger partial charge in [0.25, 0.3) is 5.91 Å². The molecule has 0 unspecified atom stereocenters. The Morgan fingerprint density at radius 3 is 2.17 bits per heavy atom. The van der Waals surface area contributed by atoms with Gasteiger partial charge in [-0.1, -0.05) is 30.3 Å². The van der Waals surface area contributed by atoms with E-state index in [1.165, 1.54) is 0 Å². The number of carbonyl (C=O) groups is 1. The highest BCUT2D eigenvalue weighted by atomic mass is 16.1. The van der Waals surface area contributed by atoms with E-state index < -0.39 is 0 Å². The van der Waals surface area contributed by atoms with E-state index >= 15 is 0 Å². The summed E-state index contributed by atoms with van der Waals surface area (Å²) in [6, 6.07) is 31.5. The molecule has 3 aromatic carbocycles. The van der Waals surface area contributed by atoms with Gasteiger partial charge in [-0.05, 0) is 35.4 Å². The molecule has 0 atom stereocenters. The topological polar surface area (TPSA) is 65.5 Å². The van der Waals surface area contributed by atoms with E-state index in [1.807, 2.05) is 83.7 Å². The number of pyridine rings is 2. The molecule has 6 nitrogen and oxygen atoms in total. The number of anilines is 1. The molecule has 3 heterocycles. The van der Waals surface area contributed by atoms with Gasteiger partial charge in [0.15, 0.2) is 30.3 Å². The number of aromatic amines is 1. The Balaban J connectivity index is 1.21. The third-order valence-corrected chi connectivity index (χ3v) is 6.14. The lowest BCUT2D eigenvalue weighted by Crippen LogP contribution is -2.30. The number of rotatable bonds is 5. The molecular weight excluding hydrogens is 446 g/mol. The van der Waals surface area contributed by atoms with Gasteiger partial charge in [-0.15, -0.1) is 0 Å². The number of para-hydroxylation sites is 2. The van der Waals surface area contributed by atoms with Crippen molar-refractivity contribution in [2.24, 2.45) is 0 Å². The maximum Gasteiger partial charge on any atom is 0.255 e. The molecule has 0 radical (unpaired) electrons. The highest BCUT2D eigenvalue weighted by molar-refractivity contribution is 6.04. The van der Waals surface area contributed by atoms with Gasteiger partial charge in [0.2, 0.25) is 11.4 Å². The molecule has 3 aromatic heterocycles. The van der Waals surface area contributed by atoms with Gasteiger partial charge >= 0.3 is 0 Å². The molecule has 2 N–H and O–H groups in total. The number of aromatic nitrogens is 4. The third kappa shape index (κ3) is 4.23. The Morgan fingerprint density at radius 2 is 1.42 bits per heavy atom. The summed E-state index contributed by atoms with van der Waals surface area (Å²) in [7, 11) is 0. The molecule has 0 fully saturated rings. The summed E-state index contributed by atoms with van der Waals surface area (Å²) in [4.78, 5) is 20.3. The van der Waals surface area contributed by atoms with E-state index in [4.69, 9.17) is 0 Å². The maximum atomic E-state index is 12.7. The third-order valence-electron chi connectivity index (χ3n) is 6.14. The molecule has 0 aliphatic rings. The number of benzene rings is 3. The highest BCUT2D eigenvalue weighted by Gasteiger charge is 2.15. The van der Waals surface area contributed by atoms with Crippen LogP contribution in [0.1, 0.15) is 10.4 Å². The Hall–Kier alpha value is -5.10. The van der Waals surface area contributed by atoms with Crippen LogP contribution in [0.3, 0.4) is 0 Å². The first-order chi connectivity index (χ1) is 17.7. The quantitative estimate of drug-likeness (QED) is 0.348. The van der Waals surface area contributed by atoms with Crippen LogP contribution in [0.4, 0.5) is 5.69 Å². The molecule has 0 bridgehead atoms. The number of nitrogens with one attached hydrogen (secondary N) is 2. The normalized spacial score (nSPS) is 10.9. The van der Waals surface area contributed by atoms with Crippen LogP contribution in [-0.2, 0) is 0 Å². The van der Waals surface area contributed by atoms with Crippen molar-refractivity contribution in [3.8, 4) is 22.5 Å². The van der Waals surface area contributed by atoms with Crippen molar-refractivity contribution in [2.75, 3.05) is 5.32 Å². The van der Waals surface area contributed by atoms with Crippen LogP contribution >= 0.6 is 0 Å². The van der Waals surface area contributed by atoms with Crippen LogP contribution in [0.25, 0.3) is 33.5 Å². The maximum absolute atomic E-state index is 12.7. The van der Waals surface area contributed by atoms with Crippen molar-refractivity contribution >= 4 is 22.6 Å². The van der Waals surface area contributed by atoms with E-state index in [0.29, 0.717) is 5.56 Å². The van der Waals surface area contributed by atoms with Crippen LogP contribution in [0, 0.1) is 0 Å². The SMILES string of the molecule is O=C(Nc1ccccc1)c1cccc(-[n+]2ccc(-c3cc[n+](-c4cccc5[nH]cnc45)cc3)cc2)c1. The van der Waals surface area contributed by atoms with Crippen molar-refractivity contribution < 1.29 is 13.9 Å². The zero-order valence-corrected chi connectivity index (χ0v) is 19.4. The van der Waals surface area contributed by atoms with E-state index in [2.05, 4.69) is 62.6 Å². The van der Waals surface area contributed by atoms with Gasteiger partial charge in [0.05, 0.1) is 11.8 Å². The Kier molecular flexibility index (Phi) is 5.52. The van der Waals surface area contributed by atoms with E-state index in [1.54, 1.807) is 6.33 Å². The Morgan fingerprint density at radius 1 is 0.722 bits per heavy atom. The zero-order valence-electron chi connectivity index (χ0n) is 19.4. The first kappa shape index (κ1) is 21.4. The summed E-state index contributed by atoms with van der Waals surface area (Å²) in [5, 5.41) is 2.94. The second-order valence-electron chi connectivity index (χ2n) is 8.43. The second kappa shape index (κ2) is 9.27. The van der Waals surface area contributed by atoms with Crippen LogP contribution < -0.4 is 14.5 Å². The van der Waals surface area contributed by atoms with Crippen LogP contribution in [0.15, 0.2) is 128 Å². The number of imidazole rings is 1. The molecule has 0 spiro atoms. The second-order valence-corrected chi connectivity index (χ2v) is 8.43. The van der Waals surface area contributed by atoms with Crippen molar-refractivity contribution in [2.45, 2.75) is 0 Å². The summed E-state index contributed by atoms with van der Waals surface area (Å²) in [6.07, 6.45) is 9.83. The molecule has 6 heteroatoms. The average Bonchev–Trinajstić information content (AvgIpc) is 3.43. The molecule has 1 amide bonds. The molecule has 0 aliphatic heterocycles. The van der Waals surface area contributed by atoms with Crippen molar-refractivity contribution in [1.29, 1.82) is 0 Å². The van der Waals surface area contributed by atoms with Crippen LogP contribution in [0.5, 0.6) is 0 Å². The van der Waals surface area contributed by atoms with E-state index in [9.17, 15) is 4.79 Å². The number of hydrogen-bond acceptors (Lipinski definition) is 2. The lowest BCUT2D eigenvalue weighted by molar-refractivity contribution is -0.595. The van der Waals surface area contributed by atoms with Gasteiger partial charge in [-0.2, -0.15) is 9.13 Å². The lowest BCUT2D eigenvalue weighted by Gasteiger charge is -2.05. The Labute approximate surface area is 208 Å². The van der Waals surface area contributed by atoms with Crippen molar-refractivity contribution in [3.05, 3.63) is 134 Å². The first-order valence-corrected chi connectivity index (χ1v) is 11.7. The van der Waals surface area contributed by atoms with Gasteiger partial charge in [0, 0.05) is 53.7 Å². The summed E-state index contributed by atoms with van der Waals surface area (Å²) in [6.45, 7) is 0. The fraction of sp³-hybridized carbons (Fsp3) is 0. The highest BCUT2D eigenvalue weighted by Crippen LogP contribution is 2.19. The zero-order chi connectivity index (χ0) is 24.3. The van der Waals surface area contributed by atoms with E-state index in [0.717, 1.165) is 39.2 Å². The predicted octanol–water partition coefficient (Wildman–Crippen LogP) is 5.04. The van der Waals surface area contributed by atoms with Gasteiger partial charge in [-0.25, -0.2) is 4.98 Å². The molecule has 0 aliphatic carbocycles.